The molecule has 0 bridgehead atoms. The van der Waals surface area contributed by atoms with Crippen molar-refractivity contribution in [3.8, 4) is 0 Å². The lowest BCUT2D eigenvalue weighted by Gasteiger charge is -2.06. The summed E-state index contributed by atoms with van der Waals surface area (Å²) < 4.78 is 0. The normalized spacial score (nSPS) is 10.2. The van der Waals surface area contributed by atoms with Gasteiger partial charge < -0.3 is 5.32 Å². The smallest absolute Gasteiger partial charge is 0.255 e. The van der Waals surface area contributed by atoms with Crippen molar-refractivity contribution in [3.63, 3.8) is 0 Å². The fraction of sp³-hybridized carbons (Fsp3) is 0. The molecular weight excluding hydrogens is 295 g/mol. The number of carbonyl (C=O) groups excluding carboxylic acids is 1. The zero-order valence-electron chi connectivity index (χ0n) is 8.95. The van der Waals surface area contributed by atoms with Crippen molar-refractivity contribution in [1.29, 1.82) is 0 Å². The van der Waals surface area contributed by atoms with Gasteiger partial charge in [-0.2, -0.15) is 0 Å². The van der Waals surface area contributed by atoms with E-state index in [4.69, 9.17) is 34.8 Å². The molecule has 3 nitrogen and oxygen atoms in total. The molecule has 0 saturated carbocycles. The average molecular weight is 302 g/mol. The number of nitrogens with one attached hydrogen (secondary N) is 1. The van der Waals surface area contributed by atoms with Crippen LogP contribution in [0.2, 0.25) is 15.3 Å². The van der Waals surface area contributed by atoms with Crippen LogP contribution in [-0.4, -0.2) is 10.9 Å². The average Bonchev–Trinajstić information content (AvgIpc) is 2.27. The van der Waals surface area contributed by atoms with Gasteiger partial charge in [0.05, 0.1) is 0 Å². The van der Waals surface area contributed by atoms with Gasteiger partial charge in [0, 0.05) is 16.3 Å². The summed E-state index contributed by atoms with van der Waals surface area (Å²) in [7, 11) is 0. The number of halogens is 3. The van der Waals surface area contributed by atoms with E-state index in [1.807, 2.05) is 0 Å². The van der Waals surface area contributed by atoms with Gasteiger partial charge in [0.15, 0.2) is 0 Å². The van der Waals surface area contributed by atoms with Crippen LogP contribution in [0.4, 0.5) is 5.69 Å². The summed E-state index contributed by atoms with van der Waals surface area (Å²) in [4.78, 5) is 15.7. The van der Waals surface area contributed by atoms with Gasteiger partial charge in [-0.3, -0.25) is 4.79 Å². The standard InChI is InChI=1S/C12H7Cl3N2O/c13-8-2-1-3-9(6-8)16-12(18)7-4-10(14)17-11(15)5-7/h1-6H,(H,16,18). The second kappa shape index (κ2) is 5.57. The highest BCUT2D eigenvalue weighted by atomic mass is 35.5. The van der Waals surface area contributed by atoms with Crippen molar-refractivity contribution < 1.29 is 4.79 Å². The van der Waals surface area contributed by atoms with Crippen molar-refractivity contribution in [3.05, 3.63) is 57.3 Å². The second-order valence-electron chi connectivity index (χ2n) is 3.47. The van der Waals surface area contributed by atoms with Crippen LogP contribution in [0, 0.1) is 0 Å². The fourth-order valence-corrected chi connectivity index (χ4v) is 2.02. The van der Waals surface area contributed by atoms with Crippen LogP contribution in [-0.2, 0) is 0 Å². The number of hydrogen-bond acceptors (Lipinski definition) is 2. The predicted octanol–water partition coefficient (Wildman–Crippen LogP) is 4.29. The first-order valence-electron chi connectivity index (χ1n) is 4.94. The molecule has 0 aliphatic rings. The third-order valence-electron chi connectivity index (χ3n) is 2.11. The Morgan fingerprint density at radius 3 is 2.33 bits per heavy atom. The van der Waals surface area contributed by atoms with Crippen LogP contribution in [0.25, 0.3) is 0 Å². The van der Waals surface area contributed by atoms with Crippen molar-refractivity contribution in [1.82, 2.24) is 4.98 Å². The number of hydrogen-bond donors (Lipinski definition) is 1. The minimum Gasteiger partial charge on any atom is -0.322 e. The maximum Gasteiger partial charge on any atom is 0.255 e. The Morgan fingerprint density at radius 1 is 1.06 bits per heavy atom. The van der Waals surface area contributed by atoms with Crippen LogP contribution in [0.15, 0.2) is 36.4 Å². The van der Waals surface area contributed by atoms with Gasteiger partial charge in [-0.05, 0) is 30.3 Å². The van der Waals surface area contributed by atoms with Gasteiger partial charge in [0.2, 0.25) is 0 Å². The van der Waals surface area contributed by atoms with Crippen LogP contribution in [0.3, 0.4) is 0 Å². The number of amides is 1. The lowest BCUT2D eigenvalue weighted by atomic mass is 10.2. The minimum atomic E-state index is -0.330. The summed E-state index contributed by atoms with van der Waals surface area (Å²) in [5.74, 6) is -0.330. The van der Waals surface area contributed by atoms with Crippen molar-refractivity contribution in [2.75, 3.05) is 5.32 Å². The molecule has 0 aliphatic carbocycles. The summed E-state index contributed by atoms with van der Waals surface area (Å²) in [6.45, 7) is 0. The van der Waals surface area contributed by atoms with Crippen LogP contribution < -0.4 is 5.32 Å². The largest absolute Gasteiger partial charge is 0.322 e. The molecule has 18 heavy (non-hydrogen) atoms. The number of aromatic nitrogens is 1. The van der Waals surface area contributed by atoms with E-state index in [9.17, 15) is 4.79 Å². The number of carbonyl (C=O) groups is 1. The third kappa shape index (κ3) is 3.35. The molecule has 0 atom stereocenters. The maximum absolute atomic E-state index is 11.9. The molecule has 1 aromatic carbocycles. The van der Waals surface area contributed by atoms with Crippen molar-refractivity contribution in [2.24, 2.45) is 0 Å². The molecule has 1 N–H and O–H groups in total. The molecule has 1 amide bonds. The van der Waals surface area contributed by atoms with E-state index >= 15 is 0 Å². The Morgan fingerprint density at radius 2 is 1.72 bits per heavy atom. The maximum atomic E-state index is 11.9. The Hall–Kier alpha value is -1.29. The number of pyridine rings is 1. The zero-order chi connectivity index (χ0) is 13.1. The first-order chi connectivity index (χ1) is 8.54. The summed E-state index contributed by atoms with van der Waals surface area (Å²) >= 11 is 17.3. The van der Waals surface area contributed by atoms with Gasteiger partial charge in [-0.15, -0.1) is 0 Å². The predicted molar refractivity (Wildman–Crippen MR) is 73.7 cm³/mol. The van der Waals surface area contributed by atoms with Crippen LogP contribution in [0.5, 0.6) is 0 Å². The molecule has 0 radical (unpaired) electrons. The number of nitrogens with zero attached hydrogens (tertiary/aromatic N) is 1. The molecular formula is C12H7Cl3N2O. The van der Waals surface area contributed by atoms with Crippen LogP contribution >= 0.6 is 34.8 Å². The fourth-order valence-electron chi connectivity index (χ4n) is 1.37. The molecule has 1 aromatic heterocycles. The van der Waals surface area contributed by atoms with Gasteiger partial charge in [-0.1, -0.05) is 40.9 Å². The molecule has 0 spiro atoms. The van der Waals surface area contributed by atoms with Crippen LogP contribution in [0.1, 0.15) is 10.4 Å². The minimum absolute atomic E-state index is 0.166. The molecule has 1 heterocycles. The van der Waals surface area contributed by atoms with E-state index in [1.54, 1.807) is 24.3 Å². The highest BCUT2D eigenvalue weighted by Gasteiger charge is 2.09. The second-order valence-corrected chi connectivity index (χ2v) is 4.68. The molecule has 0 saturated heterocycles. The first-order valence-corrected chi connectivity index (χ1v) is 6.08. The highest BCUT2D eigenvalue weighted by Crippen LogP contribution is 2.18. The Labute approximate surface area is 119 Å². The van der Waals surface area contributed by atoms with Crippen molar-refractivity contribution in [2.45, 2.75) is 0 Å². The highest BCUT2D eigenvalue weighted by molar-refractivity contribution is 6.33. The van der Waals surface area contributed by atoms with E-state index in [2.05, 4.69) is 10.3 Å². The topological polar surface area (TPSA) is 42.0 Å². The van der Waals surface area contributed by atoms with Gasteiger partial charge in [0.1, 0.15) is 10.3 Å². The summed E-state index contributed by atoms with van der Waals surface area (Å²) in [5, 5.41) is 3.56. The Balaban J connectivity index is 2.22. The van der Waals surface area contributed by atoms with E-state index in [0.29, 0.717) is 16.3 Å². The van der Waals surface area contributed by atoms with Crippen molar-refractivity contribution >= 4 is 46.4 Å². The zero-order valence-corrected chi connectivity index (χ0v) is 11.2. The monoisotopic (exact) mass is 300 g/mol. The SMILES string of the molecule is O=C(Nc1cccc(Cl)c1)c1cc(Cl)nc(Cl)c1. The molecule has 0 unspecified atom stereocenters. The molecule has 2 aromatic rings. The van der Waals surface area contributed by atoms with Gasteiger partial charge in [-0.25, -0.2) is 4.98 Å². The van der Waals surface area contributed by atoms with E-state index in [1.165, 1.54) is 12.1 Å². The summed E-state index contributed by atoms with van der Waals surface area (Å²) in [6.07, 6.45) is 0. The molecule has 0 aliphatic heterocycles. The van der Waals surface area contributed by atoms with E-state index in [-0.39, 0.29) is 16.2 Å². The summed E-state index contributed by atoms with van der Waals surface area (Å²) in [6, 6.07) is 9.71. The Bertz CT molecular complexity index is 581. The van der Waals surface area contributed by atoms with E-state index in [0.717, 1.165) is 0 Å². The lowest BCUT2D eigenvalue weighted by Crippen LogP contribution is -2.12. The van der Waals surface area contributed by atoms with Gasteiger partial charge >= 0.3 is 0 Å². The third-order valence-corrected chi connectivity index (χ3v) is 2.73. The molecule has 0 fully saturated rings. The number of anilines is 1. The number of benzene rings is 1. The lowest BCUT2D eigenvalue weighted by molar-refractivity contribution is 0.102. The van der Waals surface area contributed by atoms with Gasteiger partial charge in [0.25, 0.3) is 5.91 Å². The number of rotatable bonds is 2. The molecule has 92 valence electrons. The Kier molecular flexibility index (Phi) is 4.07. The summed E-state index contributed by atoms with van der Waals surface area (Å²) in [5.41, 5.74) is 0.927. The quantitative estimate of drug-likeness (QED) is 0.841. The molecule has 2 rings (SSSR count). The molecule has 6 heteroatoms. The first kappa shape index (κ1) is 13.1. The van der Waals surface area contributed by atoms with E-state index < -0.39 is 0 Å².